The molecule has 2 heterocycles. The minimum Gasteiger partial charge on any atom is -0.356 e. The summed E-state index contributed by atoms with van der Waals surface area (Å²) in [7, 11) is 0. The molecule has 0 N–H and O–H groups in total. The van der Waals surface area contributed by atoms with Crippen molar-refractivity contribution in [2.45, 2.75) is 31.7 Å². The fraction of sp³-hybridized carbons (Fsp3) is 0.429. The topological polar surface area (TPSA) is 50.8 Å². The van der Waals surface area contributed by atoms with Crippen molar-refractivity contribution in [2.75, 3.05) is 6.61 Å². The zero-order chi connectivity index (χ0) is 15.0. The predicted octanol–water partition coefficient (Wildman–Crippen LogP) is 3.63. The van der Waals surface area contributed by atoms with Gasteiger partial charge in [-0.2, -0.15) is 23.5 Å². The summed E-state index contributed by atoms with van der Waals surface area (Å²) >= 11 is 0. The third-order valence-electron chi connectivity index (χ3n) is 3.59. The van der Waals surface area contributed by atoms with E-state index in [0.717, 1.165) is 25.0 Å². The third kappa shape index (κ3) is 2.47. The number of benzene rings is 1. The van der Waals surface area contributed by atoms with E-state index in [9.17, 15) is 13.2 Å². The lowest BCUT2D eigenvalue weighted by Gasteiger charge is -2.23. The van der Waals surface area contributed by atoms with Gasteiger partial charge in [0.15, 0.2) is 6.23 Å². The van der Waals surface area contributed by atoms with E-state index in [1.165, 1.54) is 10.9 Å². The highest BCUT2D eigenvalue weighted by molar-refractivity contribution is 5.85. The maximum absolute atomic E-state index is 12.9. The van der Waals surface area contributed by atoms with Crippen molar-refractivity contribution in [3.8, 4) is 6.07 Å². The van der Waals surface area contributed by atoms with Crippen molar-refractivity contribution in [1.29, 1.82) is 5.26 Å². The molecule has 2 aromatic rings. The fourth-order valence-electron chi connectivity index (χ4n) is 2.55. The molecule has 3 rings (SSSR count). The van der Waals surface area contributed by atoms with Crippen LogP contribution in [0.25, 0.3) is 10.9 Å². The standard InChI is InChI=1S/C14H12F3N3O/c15-14(16,17)10-5-9(7-18)11-8-19-20(12(11)6-10)13-3-1-2-4-21-13/h5-6,8,13H,1-4H2. The molecule has 1 atom stereocenters. The van der Waals surface area contributed by atoms with E-state index < -0.39 is 11.7 Å². The highest BCUT2D eigenvalue weighted by Gasteiger charge is 2.32. The van der Waals surface area contributed by atoms with Gasteiger partial charge in [0.05, 0.1) is 28.9 Å². The van der Waals surface area contributed by atoms with Gasteiger partial charge >= 0.3 is 6.18 Å². The van der Waals surface area contributed by atoms with Gasteiger partial charge in [-0.3, -0.25) is 0 Å². The largest absolute Gasteiger partial charge is 0.416 e. The summed E-state index contributed by atoms with van der Waals surface area (Å²) in [6, 6.07) is 3.69. The molecule has 1 unspecified atom stereocenters. The van der Waals surface area contributed by atoms with Gasteiger partial charge < -0.3 is 4.74 Å². The molecule has 0 aliphatic carbocycles. The average Bonchev–Trinajstić information content (AvgIpc) is 2.90. The molecule has 0 amide bonds. The van der Waals surface area contributed by atoms with E-state index in [4.69, 9.17) is 10.00 Å². The first-order chi connectivity index (χ1) is 10.0. The molecule has 1 fully saturated rings. The minimum absolute atomic E-state index is 0.0260. The summed E-state index contributed by atoms with van der Waals surface area (Å²) in [5, 5.41) is 13.6. The molecule has 0 saturated carbocycles. The molecule has 1 saturated heterocycles. The van der Waals surface area contributed by atoms with Gasteiger partial charge in [0.1, 0.15) is 0 Å². The van der Waals surface area contributed by atoms with Crippen LogP contribution in [0.2, 0.25) is 0 Å². The number of nitriles is 1. The maximum atomic E-state index is 12.9. The zero-order valence-electron chi connectivity index (χ0n) is 11.0. The Morgan fingerprint density at radius 1 is 1.33 bits per heavy atom. The van der Waals surface area contributed by atoms with Gasteiger partial charge in [0, 0.05) is 12.0 Å². The number of rotatable bonds is 1. The van der Waals surface area contributed by atoms with Crippen LogP contribution in [0.3, 0.4) is 0 Å². The molecule has 1 aliphatic rings. The summed E-state index contributed by atoms with van der Waals surface area (Å²) in [5.41, 5.74) is -0.584. The Kier molecular flexibility index (Phi) is 3.33. The van der Waals surface area contributed by atoms with E-state index in [-0.39, 0.29) is 17.3 Å². The third-order valence-corrected chi connectivity index (χ3v) is 3.59. The Labute approximate surface area is 118 Å². The molecule has 0 spiro atoms. The normalized spacial score (nSPS) is 19.6. The lowest BCUT2D eigenvalue weighted by atomic mass is 10.1. The molecule has 0 radical (unpaired) electrons. The molecule has 1 aromatic carbocycles. The second-order valence-corrected chi connectivity index (χ2v) is 4.98. The highest BCUT2D eigenvalue weighted by Crippen LogP contribution is 2.34. The molecule has 4 nitrogen and oxygen atoms in total. The minimum atomic E-state index is -4.50. The number of halogens is 3. The Morgan fingerprint density at radius 3 is 2.76 bits per heavy atom. The molecule has 0 bridgehead atoms. The second kappa shape index (κ2) is 5.04. The van der Waals surface area contributed by atoms with Crippen molar-refractivity contribution in [2.24, 2.45) is 0 Å². The van der Waals surface area contributed by atoms with Crippen LogP contribution in [0, 0.1) is 11.3 Å². The van der Waals surface area contributed by atoms with Crippen LogP contribution < -0.4 is 0 Å². The Morgan fingerprint density at radius 2 is 2.14 bits per heavy atom. The molecule has 21 heavy (non-hydrogen) atoms. The summed E-state index contributed by atoms with van der Waals surface area (Å²) in [5.74, 6) is 0. The number of hydrogen-bond acceptors (Lipinski definition) is 3. The Bertz CT molecular complexity index is 709. The average molecular weight is 295 g/mol. The lowest BCUT2D eigenvalue weighted by molar-refractivity contribution is -0.137. The van der Waals surface area contributed by atoms with Crippen LogP contribution in [0.1, 0.15) is 36.6 Å². The van der Waals surface area contributed by atoms with Gasteiger partial charge in [-0.05, 0) is 31.4 Å². The van der Waals surface area contributed by atoms with Crippen LogP contribution in [0.15, 0.2) is 18.3 Å². The number of hydrogen-bond donors (Lipinski definition) is 0. The van der Waals surface area contributed by atoms with Crippen molar-refractivity contribution in [3.05, 3.63) is 29.5 Å². The molecular formula is C14H12F3N3O. The van der Waals surface area contributed by atoms with E-state index in [0.29, 0.717) is 18.4 Å². The van der Waals surface area contributed by atoms with E-state index >= 15 is 0 Å². The zero-order valence-corrected chi connectivity index (χ0v) is 11.0. The number of aromatic nitrogens is 2. The first-order valence-electron chi connectivity index (χ1n) is 6.61. The van der Waals surface area contributed by atoms with Gasteiger partial charge in [-0.25, -0.2) is 4.68 Å². The SMILES string of the molecule is N#Cc1cc(C(F)(F)F)cc2c1cnn2C1CCCCO1. The summed E-state index contributed by atoms with van der Waals surface area (Å²) < 4.78 is 45.8. The Balaban J connectivity index is 2.17. The molecular weight excluding hydrogens is 283 g/mol. The smallest absolute Gasteiger partial charge is 0.356 e. The molecule has 1 aliphatic heterocycles. The monoisotopic (exact) mass is 295 g/mol. The first kappa shape index (κ1) is 13.9. The van der Waals surface area contributed by atoms with Crippen LogP contribution in [-0.2, 0) is 10.9 Å². The van der Waals surface area contributed by atoms with Crippen molar-refractivity contribution in [1.82, 2.24) is 9.78 Å². The van der Waals surface area contributed by atoms with Crippen molar-refractivity contribution < 1.29 is 17.9 Å². The van der Waals surface area contributed by atoms with E-state index in [1.54, 1.807) is 6.07 Å². The predicted molar refractivity (Wildman–Crippen MR) is 68.3 cm³/mol. The van der Waals surface area contributed by atoms with Crippen LogP contribution in [0.5, 0.6) is 0 Å². The van der Waals surface area contributed by atoms with Gasteiger partial charge in [0.25, 0.3) is 0 Å². The number of fused-ring (bicyclic) bond motifs is 1. The van der Waals surface area contributed by atoms with Crippen molar-refractivity contribution in [3.63, 3.8) is 0 Å². The fourth-order valence-corrected chi connectivity index (χ4v) is 2.55. The van der Waals surface area contributed by atoms with Crippen LogP contribution >= 0.6 is 0 Å². The van der Waals surface area contributed by atoms with Gasteiger partial charge in [-0.1, -0.05) is 0 Å². The quantitative estimate of drug-likeness (QED) is 0.807. The number of ether oxygens (including phenoxy) is 1. The molecule has 110 valence electrons. The first-order valence-corrected chi connectivity index (χ1v) is 6.61. The van der Waals surface area contributed by atoms with E-state index in [2.05, 4.69) is 5.10 Å². The second-order valence-electron chi connectivity index (χ2n) is 4.98. The van der Waals surface area contributed by atoms with Crippen LogP contribution in [0.4, 0.5) is 13.2 Å². The summed E-state index contributed by atoms with van der Waals surface area (Å²) in [6.07, 6.45) is -0.863. The molecule has 7 heteroatoms. The van der Waals surface area contributed by atoms with Gasteiger partial charge in [0.2, 0.25) is 0 Å². The Hall–Kier alpha value is -2.07. The summed E-state index contributed by atoms with van der Waals surface area (Å²) in [6.45, 7) is 0.566. The van der Waals surface area contributed by atoms with Gasteiger partial charge in [-0.15, -0.1) is 0 Å². The number of nitrogens with zero attached hydrogens (tertiary/aromatic N) is 3. The van der Waals surface area contributed by atoms with Crippen molar-refractivity contribution >= 4 is 10.9 Å². The van der Waals surface area contributed by atoms with E-state index in [1.807, 2.05) is 0 Å². The highest BCUT2D eigenvalue weighted by atomic mass is 19.4. The maximum Gasteiger partial charge on any atom is 0.416 e. The number of alkyl halides is 3. The van der Waals surface area contributed by atoms with Crippen LogP contribution in [-0.4, -0.2) is 16.4 Å². The summed E-state index contributed by atoms with van der Waals surface area (Å²) in [4.78, 5) is 0. The lowest BCUT2D eigenvalue weighted by Crippen LogP contribution is -2.19. The molecule has 1 aromatic heterocycles.